The number of alkyl halides is 1. The van der Waals surface area contributed by atoms with Crippen molar-refractivity contribution in [2.75, 3.05) is 5.88 Å². The molecule has 0 aromatic heterocycles. The van der Waals surface area contributed by atoms with Crippen LogP contribution in [0.2, 0.25) is 13.8 Å². The van der Waals surface area contributed by atoms with Gasteiger partial charge in [0, 0.05) is 0 Å². The SMILES string of the molecule is CC[CH2][SnH]([CH3])[CH2]CCl. The number of halogens is 1. The molecule has 0 aromatic carbocycles. The topological polar surface area (TPSA) is 0 Å². The van der Waals surface area contributed by atoms with Crippen molar-refractivity contribution in [1.82, 2.24) is 0 Å². The van der Waals surface area contributed by atoms with Crippen LogP contribution in [0.5, 0.6) is 0 Å². The molecule has 0 heterocycles. The van der Waals surface area contributed by atoms with E-state index in [1.165, 1.54) is 15.3 Å². The fraction of sp³-hybridized carbons (Fsp3) is 1.00. The summed E-state index contributed by atoms with van der Waals surface area (Å²) in [6.07, 6.45) is 1.38. The summed E-state index contributed by atoms with van der Waals surface area (Å²) in [5.74, 6) is 0.914. The predicted octanol–water partition coefficient (Wildman–Crippen LogP) is 2.49. The Morgan fingerprint density at radius 2 is 2.00 bits per heavy atom. The molecular weight excluding hydrogens is 226 g/mol. The summed E-state index contributed by atoms with van der Waals surface area (Å²) < 4.78 is 2.92. The summed E-state index contributed by atoms with van der Waals surface area (Å²) in [7, 11) is 0. The fourth-order valence-electron chi connectivity index (χ4n) is 0.823. The summed E-state index contributed by atoms with van der Waals surface area (Å²) in [4.78, 5) is 2.47. The first-order chi connectivity index (χ1) is 3.81. The van der Waals surface area contributed by atoms with Crippen molar-refractivity contribution in [3.05, 3.63) is 0 Å². The van der Waals surface area contributed by atoms with E-state index in [1.807, 2.05) is 0 Å². The number of rotatable bonds is 4. The van der Waals surface area contributed by atoms with Crippen LogP contribution in [0.4, 0.5) is 0 Å². The first kappa shape index (κ1) is 9.09. The molecule has 1 atom stereocenters. The van der Waals surface area contributed by atoms with Gasteiger partial charge in [-0.3, -0.25) is 0 Å². The van der Waals surface area contributed by atoms with Crippen LogP contribution in [0.3, 0.4) is 0 Å². The van der Waals surface area contributed by atoms with Crippen molar-refractivity contribution in [3.63, 3.8) is 0 Å². The van der Waals surface area contributed by atoms with Crippen molar-refractivity contribution < 1.29 is 0 Å². The molecule has 0 amide bonds. The average Bonchev–Trinajstić information content (AvgIpc) is 1.68. The fourth-order valence-corrected chi connectivity index (χ4v) is 8.02. The second-order valence-electron chi connectivity index (χ2n) is 2.37. The molecule has 0 aliphatic rings. The average molecular weight is 241 g/mol. The molecule has 0 aliphatic heterocycles. The Morgan fingerprint density at radius 1 is 1.38 bits per heavy atom. The van der Waals surface area contributed by atoms with E-state index in [9.17, 15) is 0 Å². The van der Waals surface area contributed by atoms with Crippen LogP contribution in [-0.4, -0.2) is 25.6 Å². The molecule has 0 aromatic rings. The van der Waals surface area contributed by atoms with Gasteiger partial charge in [0.1, 0.15) is 0 Å². The zero-order valence-corrected chi connectivity index (χ0v) is 9.84. The third-order valence-electron chi connectivity index (χ3n) is 1.38. The monoisotopic (exact) mass is 242 g/mol. The zero-order chi connectivity index (χ0) is 6.41. The number of hydrogen-bond donors (Lipinski definition) is 0. The van der Waals surface area contributed by atoms with Crippen molar-refractivity contribution in [1.29, 1.82) is 0 Å². The first-order valence-electron chi connectivity index (χ1n) is 3.37. The van der Waals surface area contributed by atoms with Gasteiger partial charge < -0.3 is 0 Å². The minimum atomic E-state index is -0.931. The summed E-state index contributed by atoms with van der Waals surface area (Å²) in [5.41, 5.74) is 0. The maximum atomic E-state index is 5.58. The molecule has 0 spiro atoms. The molecule has 0 saturated heterocycles. The molecule has 0 N–H and O–H groups in total. The third kappa shape index (κ3) is 5.23. The van der Waals surface area contributed by atoms with Crippen LogP contribution in [-0.2, 0) is 0 Å². The quantitative estimate of drug-likeness (QED) is 0.524. The van der Waals surface area contributed by atoms with Gasteiger partial charge in [0.2, 0.25) is 0 Å². The molecule has 8 heavy (non-hydrogen) atoms. The van der Waals surface area contributed by atoms with Gasteiger partial charge >= 0.3 is 64.4 Å². The van der Waals surface area contributed by atoms with E-state index in [1.54, 1.807) is 0 Å². The van der Waals surface area contributed by atoms with Crippen molar-refractivity contribution in [2.24, 2.45) is 0 Å². The molecule has 0 fully saturated rings. The van der Waals surface area contributed by atoms with E-state index in [-0.39, 0.29) is 0 Å². The van der Waals surface area contributed by atoms with Crippen molar-refractivity contribution in [3.8, 4) is 0 Å². The van der Waals surface area contributed by atoms with Gasteiger partial charge in [-0.15, -0.1) is 0 Å². The normalized spacial score (nSPS) is 13.9. The van der Waals surface area contributed by atoms with Crippen LogP contribution in [0.15, 0.2) is 0 Å². The molecule has 0 radical (unpaired) electrons. The van der Waals surface area contributed by atoms with Gasteiger partial charge in [-0.05, 0) is 0 Å². The van der Waals surface area contributed by atoms with Crippen LogP contribution in [0, 0.1) is 0 Å². The second kappa shape index (κ2) is 6.21. The molecule has 2 heteroatoms. The molecular formula is C6H15ClSn. The summed E-state index contributed by atoms with van der Waals surface area (Å²) >= 11 is 4.65. The molecule has 0 aliphatic carbocycles. The Morgan fingerprint density at radius 3 is 2.38 bits per heavy atom. The van der Waals surface area contributed by atoms with Gasteiger partial charge in [0.15, 0.2) is 0 Å². The molecule has 0 bridgehead atoms. The van der Waals surface area contributed by atoms with Gasteiger partial charge in [-0.1, -0.05) is 0 Å². The third-order valence-corrected chi connectivity index (χ3v) is 10.7. The van der Waals surface area contributed by atoms with E-state index in [0.717, 1.165) is 5.88 Å². The summed E-state index contributed by atoms with van der Waals surface area (Å²) in [6.45, 7) is 2.27. The number of hydrogen-bond acceptors (Lipinski definition) is 0. The van der Waals surface area contributed by atoms with E-state index in [0.29, 0.717) is 0 Å². The Labute approximate surface area is 64.3 Å². The van der Waals surface area contributed by atoms with E-state index in [4.69, 9.17) is 11.6 Å². The predicted molar refractivity (Wildman–Crippen MR) is 43.6 cm³/mol. The van der Waals surface area contributed by atoms with Crippen LogP contribution >= 0.6 is 11.6 Å². The minimum absolute atomic E-state index is 0.914. The van der Waals surface area contributed by atoms with Gasteiger partial charge in [0.25, 0.3) is 0 Å². The Hall–Kier alpha value is 1.09. The Kier molecular flexibility index (Phi) is 7.06. The van der Waals surface area contributed by atoms with Crippen LogP contribution < -0.4 is 0 Å². The standard InChI is InChI=1S/C3H7.C2H4Cl.CH3.Sn.H/c1-3-2;1-2-3;;;/h1,3H2,2H3;1-2H2;1H3;;. The van der Waals surface area contributed by atoms with E-state index in [2.05, 4.69) is 11.9 Å². The zero-order valence-electron chi connectivity index (χ0n) is 5.78. The van der Waals surface area contributed by atoms with Crippen LogP contribution in [0.25, 0.3) is 0 Å². The van der Waals surface area contributed by atoms with Gasteiger partial charge in [-0.25, -0.2) is 0 Å². The van der Waals surface area contributed by atoms with Crippen molar-refractivity contribution >= 4 is 31.4 Å². The maximum absolute atomic E-state index is 5.58. The van der Waals surface area contributed by atoms with E-state index < -0.39 is 19.8 Å². The van der Waals surface area contributed by atoms with Gasteiger partial charge in [-0.2, -0.15) is 0 Å². The molecule has 50 valence electrons. The first-order valence-corrected chi connectivity index (χ1v) is 11.9. The molecule has 0 nitrogen and oxygen atoms in total. The van der Waals surface area contributed by atoms with E-state index >= 15 is 0 Å². The van der Waals surface area contributed by atoms with Crippen LogP contribution in [0.1, 0.15) is 13.3 Å². The summed E-state index contributed by atoms with van der Waals surface area (Å²) in [6, 6.07) is 0. The molecule has 0 rings (SSSR count). The molecule has 1 unspecified atom stereocenters. The molecule has 0 saturated carbocycles. The Bertz CT molecular complexity index is 41.8. The van der Waals surface area contributed by atoms with Crippen molar-refractivity contribution in [2.45, 2.75) is 27.2 Å². The van der Waals surface area contributed by atoms with Gasteiger partial charge in [0.05, 0.1) is 0 Å². The Balaban J connectivity index is 2.92. The second-order valence-corrected chi connectivity index (χ2v) is 12.4. The summed E-state index contributed by atoms with van der Waals surface area (Å²) in [5, 5.41) is 0.